The number of carbonyl (C=O) groups excluding carboxylic acids is 1. The van der Waals surface area contributed by atoms with Crippen molar-refractivity contribution in [2.45, 2.75) is 38.5 Å². The number of nitrogens with two attached hydrogens (primary N) is 1. The zero-order valence-corrected chi connectivity index (χ0v) is 12.2. The standard InChI is InChI=1S/C13H25N3OS/c1-15(10-7-12(14)18)13(17)11-16-8-5-3-2-4-6-9-16/h2-11H2,1H3,(H2,14,18). The van der Waals surface area contributed by atoms with Crippen LogP contribution in [0.25, 0.3) is 0 Å². The highest BCUT2D eigenvalue weighted by atomic mass is 32.1. The normalized spacial score (nSPS) is 17.8. The lowest BCUT2D eigenvalue weighted by molar-refractivity contribution is -0.131. The zero-order chi connectivity index (χ0) is 13.4. The van der Waals surface area contributed by atoms with Crippen molar-refractivity contribution in [1.29, 1.82) is 0 Å². The van der Waals surface area contributed by atoms with Gasteiger partial charge in [0.05, 0.1) is 11.5 Å². The lowest BCUT2D eigenvalue weighted by Gasteiger charge is -2.26. The fourth-order valence-corrected chi connectivity index (χ4v) is 2.28. The lowest BCUT2D eigenvalue weighted by Crippen LogP contribution is -2.40. The van der Waals surface area contributed by atoms with E-state index in [-0.39, 0.29) is 5.91 Å². The molecule has 1 saturated heterocycles. The van der Waals surface area contributed by atoms with E-state index in [9.17, 15) is 4.79 Å². The van der Waals surface area contributed by atoms with Gasteiger partial charge in [0, 0.05) is 20.0 Å². The fourth-order valence-electron chi connectivity index (χ4n) is 2.19. The van der Waals surface area contributed by atoms with Crippen molar-refractivity contribution in [2.75, 3.05) is 33.2 Å². The van der Waals surface area contributed by atoms with Gasteiger partial charge in [-0.25, -0.2) is 0 Å². The van der Waals surface area contributed by atoms with E-state index < -0.39 is 0 Å². The van der Waals surface area contributed by atoms with Crippen molar-refractivity contribution in [3.05, 3.63) is 0 Å². The Bertz CT molecular complexity index is 275. The van der Waals surface area contributed by atoms with Gasteiger partial charge in [-0.15, -0.1) is 0 Å². The quantitative estimate of drug-likeness (QED) is 0.768. The molecule has 0 atom stereocenters. The smallest absolute Gasteiger partial charge is 0.236 e. The van der Waals surface area contributed by atoms with Gasteiger partial charge in [0.25, 0.3) is 0 Å². The molecule has 1 rings (SSSR count). The highest BCUT2D eigenvalue weighted by Crippen LogP contribution is 2.10. The fraction of sp³-hybridized carbons (Fsp3) is 0.846. The molecule has 1 aliphatic rings. The van der Waals surface area contributed by atoms with E-state index in [1.807, 2.05) is 7.05 Å². The molecule has 1 aliphatic heterocycles. The first-order chi connectivity index (χ1) is 8.59. The molecule has 1 fully saturated rings. The van der Waals surface area contributed by atoms with Crippen LogP contribution in [0.5, 0.6) is 0 Å². The molecule has 2 N–H and O–H groups in total. The second-order valence-corrected chi connectivity index (χ2v) is 5.60. The van der Waals surface area contributed by atoms with E-state index in [4.69, 9.17) is 18.0 Å². The average Bonchev–Trinajstić information content (AvgIpc) is 2.29. The molecule has 0 aromatic rings. The number of hydrogen-bond acceptors (Lipinski definition) is 3. The molecule has 0 aromatic heterocycles. The van der Waals surface area contributed by atoms with Gasteiger partial charge >= 0.3 is 0 Å². The number of carbonyl (C=O) groups is 1. The third-order valence-electron chi connectivity index (χ3n) is 3.43. The summed E-state index contributed by atoms with van der Waals surface area (Å²) in [6.07, 6.45) is 6.96. The molecule has 0 radical (unpaired) electrons. The van der Waals surface area contributed by atoms with Gasteiger partial charge in [-0.1, -0.05) is 31.5 Å². The van der Waals surface area contributed by atoms with E-state index in [0.29, 0.717) is 24.5 Å². The predicted molar refractivity (Wildman–Crippen MR) is 78.6 cm³/mol. The SMILES string of the molecule is CN(CCC(N)=S)C(=O)CN1CCCCCCC1. The van der Waals surface area contributed by atoms with E-state index >= 15 is 0 Å². The summed E-state index contributed by atoms with van der Waals surface area (Å²) in [7, 11) is 1.82. The Morgan fingerprint density at radius 2 is 1.78 bits per heavy atom. The maximum Gasteiger partial charge on any atom is 0.236 e. The monoisotopic (exact) mass is 271 g/mol. The summed E-state index contributed by atoms with van der Waals surface area (Å²) >= 11 is 4.82. The first kappa shape index (κ1) is 15.4. The molecule has 0 saturated carbocycles. The molecular weight excluding hydrogens is 246 g/mol. The number of rotatable bonds is 5. The van der Waals surface area contributed by atoms with Crippen LogP contribution in [0.2, 0.25) is 0 Å². The summed E-state index contributed by atoms with van der Waals surface area (Å²) < 4.78 is 0. The van der Waals surface area contributed by atoms with E-state index in [0.717, 1.165) is 13.1 Å². The molecule has 0 unspecified atom stereocenters. The third kappa shape index (κ3) is 6.31. The molecule has 5 heteroatoms. The van der Waals surface area contributed by atoms with Crippen molar-refractivity contribution < 1.29 is 4.79 Å². The number of hydrogen-bond donors (Lipinski definition) is 1. The molecule has 0 spiro atoms. The molecule has 1 amide bonds. The number of likely N-dealkylation sites (N-methyl/N-ethyl adjacent to an activating group) is 1. The second kappa shape index (κ2) is 8.43. The Balaban J connectivity index is 2.30. The molecule has 0 bridgehead atoms. The van der Waals surface area contributed by atoms with E-state index in [2.05, 4.69) is 4.90 Å². The van der Waals surface area contributed by atoms with Crippen molar-refractivity contribution in [1.82, 2.24) is 9.80 Å². The van der Waals surface area contributed by atoms with Crippen LogP contribution in [0.1, 0.15) is 38.5 Å². The topological polar surface area (TPSA) is 49.6 Å². The Labute approximate surface area is 115 Å². The number of nitrogens with zero attached hydrogens (tertiary/aromatic N) is 2. The molecule has 104 valence electrons. The molecular formula is C13H25N3OS. The van der Waals surface area contributed by atoms with Crippen LogP contribution in [-0.2, 0) is 4.79 Å². The number of likely N-dealkylation sites (tertiary alicyclic amines) is 1. The molecule has 0 aliphatic carbocycles. The maximum atomic E-state index is 12.0. The number of amides is 1. The van der Waals surface area contributed by atoms with Crippen LogP contribution in [0, 0.1) is 0 Å². The second-order valence-electron chi connectivity index (χ2n) is 5.08. The van der Waals surface area contributed by atoms with Crippen LogP contribution in [-0.4, -0.2) is 53.9 Å². The lowest BCUT2D eigenvalue weighted by atomic mass is 10.1. The van der Waals surface area contributed by atoms with Crippen LogP contribution in [0.4, 0.5) is 0 Å². The largest absolute Gasteiger partial charge is 0.393 e. The molecule has 1 heterocycles. The summed E-state index contributed by atoms with van der Waals surface area (Å²) in [5.74, 6) is 0.173. The first-order valence-electron chi connectivity index (χ1n) is 6.84. The maximum absolute atomic E-state index is 12.0. The third-order valence-corrected chi connectivity index (χ3v) is 3.63. The summed E-state index contributed by atoms with van der Waals surface area (Å²) in [6, 6.07) is 0. The Morgan fingerprint density at radius 1 is 1.22 bits per heavy atom. The van der Waals surface area contributed by atoms with Gasteiger partial charge in [-0.3, -0.25) is 9.69 Å². The summed E-state index contributed by atoms with van der Waals surface area (Å²) in [4.78, 5) is 16.5. The summed E-state index contributed by atoms with van der Waals surface area (Å²) in [5.41, 5.74) is 5.45. The Kier molecular flexibility index (Phi) is 7.20. The highest BCUT2D eigenvalue weighted by Gasteiger charge is 2.15. The summed E-state index contributed by atoms with van der Waals surface area (Å²) in [6.45, 7) is 3.26. The number of thiocarbonyl (C=S) groups is 1. The molecule has 0 aromatic carbocycles. The Hall–Kier alpha value is -0.680. The van der Waals surface area contributed by atoms with Crippen LogP contribution < -0.4 is 5.73 Å². The average molecular weight is 271 g/mol. The minimum Gasteiger partial charge on any atom is -0.393 e. The van der Waals surface area contributed by atoms with Crippen LogP contribution in [0.15, 0.2) is 0 Å². The van der Waals surface area contributed by atoms with Gasteiger partial charge in [-0.05, 0) is 25.9 Å². The van der Waals surface area contributed by atoms with E-state index in [1.165, 1.54) is 32.1 Å². The molecule has 18 heavy (non-hydrogen) atoms. The van der Waals surface area contributed by atoms with Crippen molar-refractivity contribution in [3.63, 3.8) is 0 Å². The van der Waals surface area contributed by atoms with Gasteiger partial charge in [0.2, 0.25) is 5.91 Å². The van der Waals surface area contributed by atoms with Crippen molar-refractivity contribution in [3.8, 4) is 0 Å². The first-order valence-corrected chi connectivity index (χ1v) is 7.25. The van der Waals surface area contributed by atoms with E-state index in [1.54, 1.807) is 4.90 Å². The van der Waals surface area contributed by atoms with Crippen molar-refractivity contribution >= 4 is 23.1 Å². The van der Waals surface area contributed by atoms with Crippen LogP contribution >= 0.6 is 12.2 Å². The minimum atomic E-state index is 0.173. The van der Waals surface area contributed by atoms with Gasteiger partial charge in [0.15, 0.2) is 0 Å². The minimum absolute atomic E-state index is 0.173. The van der Waals surface area contributed by atoms with Crippen LogP contribution in [0.3, 0.4) is 0 Å². The van der Waals surface area contributed by atoms with Crippen molar-refractivity contribution in [2.24, 2.45) is 5.73 Å². The predicted octanol–water partition coefficient (Wildman–Crippen LogP) is 1.39. The van der Waals surface area contributed by atoms with Gasteiger partial charge in [-0.2, -0.15) is 0 Å². The molecule has 4 nitrogen and oxygen atoms in total. The Morgan fingerprint density at radius 3 is 2.33 bits per heavy atom. The highest BCUT2D eigenvalue weighted by molar-refractivity contribution is 7.80. The summed E-state index contributed by atoms with van der Waals surface area (Å²) in [5, 5.41) is 0. The van der Waals surface area contributed by atoms with Gasteiger partial charge in [0.1, 0.15) is 0 Å². The zero-order valence-electron chi connectivity index (χ0n) is 11.4. The van der Waals surface area contributed by atoms with Gasteiger partial charge < -0.3 is 10.6 Å².